The number of esters is 1. The van der Waals surface area contributed by atoms with Crippen LogP contribution in [0.25, 0.3) is 11.3 Å². The number of thioether (sulfide) groups is 1. The number of methoxy groups -OCH3 is 1. The SMILES string of the molecule is COC(=O)C(C)Sc1nccc(-c2ccc(Cl)cc2)n1. The molecule has 20 heavy (non-hydrogen) atoms. The molecule has 0 saturated carbocycles. The van der Waals surface area contributed by atoms with Crippen LogP contribution in [0.2, 0.25) is 5.02 Å². The standard InChI is InChI=1S/C14H13ClN2O2S/c1-9(13(18)19-2)20-14-16-8-7-12(17-14)10-3-5-11(15)6-4-10/h3-9H,1-2H3. The van der Waals surface area contributed by atoms with Crippen molar-refractivity contribution in [3.8, 4) is 11.3 Å². The van der Waals surface area contributed by atoms with Gasteiger partial charge in [0.1, 0.15) is 5.25 Å². The summed E-state index contributed by atoms with van der Waals surface area (Å²) in [6.07, 6.45) is 1.67. The van der Waals surface area contributed by atoms with E-state index in [1.54, 1.807) is 13.1 Å². The largest absolute Gasteiger partial charge is 0.468 e. The maximum absolute atomic E-state index is 11.4. The van der Waals surface area contributed by atoms with E-state index in [0.717, 1.165) is 11.3 Å². The number of halogens is 1. The quantitative estimate of drug-likeness (QED) is 0.492. The molecule has 0 aliphatic carbocycles. The molecule has 0 aliphatic rings. The van der Waals surface area contributed by atoms with Crippen LogP contribution in [0.3, 0.4) is 0 Å². The third kappa shape index (κ3) is 3.71. The highest BCUT2D eigenvalue weighted by Gasteiger charge is 2.16. The number of hydrogen-bond donors (Lipinski definition) is 0. The zero-order valence-corrected chi connectivity index (χ0v) is 12.6. The Balaban J connectivity index is 2.20. The first-order valence-corrected chi connectivity index (χ1v) is 7.19. The lowest BCUT2D eigenvalue weighted by molar-refractivity contribution is -0.139. The van der Waals surface area contributed by atoms with Crippen LogP contribution in [0.5, 0.6) is 0 Å². The van der Waals surface area contributed by atoms with Gasteiger partial charge in [0.25, 0.3) is 0 Å². The van der Waals surface area contributed by atoms with Crippen molar-refractivity contribution in [2.45, 2.75) is 17.3 Å². The molecule has 4 nitrogen and oxygen atoms in total. The van der Waals surface area contributed by atoms with E-state index in [1.807, 2.05) is 30.3 Å². The summed E-state index contributed by atoms with van der Waals surface area (Å²) >= 11 is 7.13. The van der Waals surface area contributed by atoms with Gasteiger partial charge in [0, 0.05) is 16.8 Å². The zero-order chi connectivity index (χ0) is 14.5. The molecule has 0 saturated heterocycles. The predicted molar refractivity (Wildman–Crippen MR) is 79.8 cm³/mol. The fourth-order valence-electron chi connectivity index (χ4n) is 1.55. The van der Waals surface area contributed by atoms with Crippen LogP contribution in [0, 0.1) is 0 Å². The van der Waals surface area contributed by atoms with Gasteiger partial charge in [-0.05, 0) is 25.1 Å². The number of carbonyl (C=O) groups excluding carboxylic acids is 1. The second-order valence-corrected chi connectivity index (χ2v) is 5.76. The van der Waals surface area contributed by atoms with Crippen molar-refractivity contribution in [3.63, 3.8) is 0 Å². The van der Waals surface area contributed by atoms with Crippen molar-refractivity contribution < 1.29 is 9.53 Å². The average molecular weight is 309 g/mol. The number of aromatic nitrogens is 2. The Labute approximate surface area is 126 Å². The first-order chi connectivity index (χ1) is 9.60. The predicted octanol–water partition coefficient (Wildman–Crippen LogP) is 3.45. The minimum absolute atomic E-state index is 0.296. The molecule has 2 rings (SSSR count). The van der Waals surface area contributed by atoms with Crippen LogP contribution in [0.1, 0.15) is 6.92 Å². The summed E-state index contributed by atoms with van der Waals surface area (Å²) in [6.45, 7) is 1.76. The average Bonchev–Trinajstić information content (AvgIpc) is 2.47. The maximum Gasteiger partial charge on any atom is 0.318 e. The molecule has 1 aromatic carbocycles. The van der Waals surface area contributed by atoms with E-state index < -0.39 is 0 Å². The summed E-state index contributed by atoms with van der Waals surface area (Å²) in [6, 6.07) is 9.22. The summed E-state index contributed by atoms with van der Waals surface area (Å²) in [7, 11) is 1.37. The van der Waals surface area contributed by atoms with Crippen molar-refractivity contribution in [1.82, 2.24) is 9.97 Å². The van der Waals surface area contributed by atoms with Crippen LogP contribution in [-0.4, -0.2) is 28.3 Å². The van der Waals surface area contributed by atoms with E-state index in [-0.39, 0.29) is 11.2 Å². The maximum atomic E-state index is 11.4. The normalized spacial score (nSPS) is 11.9. The zero-order valence-electron chi connectivity index (χ0n) is 11.0. The van der Waals surface area contributed by atoms with Gasteiger partial charge in [-0.3, -0.25) is 4.79 Å². The van der Waals surface area contributed by atoms with Gasteiger partial charge in [0.05, 0.1) is 12.8 Å². The molecular weight excluding hydrogens is 296 g/mol. The molecule has 1 aromatic heterocycles. The molecule has 0 amide bonds. The van der Waals surface area contributed by atoms with Gasteiger partial charge in [-0.15, -0.1) is 0 Å². The molecule has 1 unspecified atom stereocenters. The summed E-state index contributed by atoms with van der Waals surface area (Å²) in [4.78, 5) is 20.0. The molecule has 2 aromatic rings. The third-order valence-corrected chi connectivity index (χ3v) is 3.79. The summed E-state index contributed by atoms with van der Waals surface area (Å²) in [5, 5.41) is 0.868. The van der Waals surface area contributed by atoms with Gasteiger partial charge in [0.15, 0.2) is 5.16 Å². The third-order valence-electron chi connectivity index (χ3n) is 2.59. The number of nitrogens with zero attached hydrogens (tertiary/aromatic N) is 2. The topological polar surface area (TPSA) is 52.1 Å². The molecule has 1 heterocycles. The van der Waals surface area contributed by atoms with E-state index >= 15 is 0 Å². The highest BCUT2D eigenvalue weighted by Crippen LogP contribution is 2.24. The Morgan fingerprint density at radius 3 is 2.65 bits per heavy atom. The monoisotopic (exact) mass is 308 g/mol. The van der Waals surface area contributed by atoms with Gasteiger partial charge >= 0.3 is 5.97 Å². The lowest BCUT2D eigenvalue weighted by Crippen LogP contribution is -2.15. The number of benzene rings is 1. The van der Waals surface area contributed by atoms with Crippen LogP contribution in [-0.2, 0) is 9.53 Å². The molecular formula is C14H13ClN2O2S. The number of ether oxygens (including phenoxy) is 1. The smallest absolute Gasteiger partial charge is 0.318 e. The minimum Gasteiger partial charge on any atom is -0.468 e. The Morgan fingerprint density at radius 2 is 2.00 bits per heavy atom. The van der Waals surface area contributed by atoms with Gasteiger partial charge in [-0.25, -0.2) is 9.97 Å². The van der Waals surface area contributed by atoms with E-state index in [9.17, 15) is 4.79 Å². The molecule has 104 valence electrons. The molecule has 0 radical (unpaired) electrons. The Kier molecular flexibility index (Phi) is 4.98. The van der Waals surface area contributed by atoms with Crippen molar-refractivity contribution in [1.29, 1.82) is 0 Å². The van der Waals surface area contributed by atoms with Gasteiger partial charge < -0.3 is 4.74 Å². The molecule has 0 spiro atoms. The highest BCUT2D eigenvalue weighted by molar-refractivity contribution is 8.00. The molecule has 0 bridgehead atoms. The Hall–Kier alpha value is -1.59. The summed E-state index contributed by atoms with van der Waals surface area (Å²) in [5.41, 5.74) is 1.74. The van der Waals surface area contributed by atoms with Gasteiger partial charge in [-0.1, -0.05) is 35.5 Å². The van der Waals surface area contributed by atoms with Gasteiger partial charge in [-0.2, -0.15) is 0 Å². The first-order valence-electron chi connectivity index (χ1n) is 5.93. The van der Waals surface area contributed by atoms with Gasteiger partial charge in [0.2, 0.25) is 0 Å². The lowest BCUT2D eigenvalue weighted by atomic mass is 10.1. The fraction of sp³-hybridized carbons (Fsp3) is 0.214. The van der Waals surface area contributed by atoms with Crippen molar-refractivity contribution in [2.24, 2.45) is 0 Å². The van der Waals surface area contributed by atoms with E-state index in [2.05, 4.69) is 14.7 Å². The van der Waals surface area contributed by atoms with Crippen LogP contribution in [0.4, 0.5) is 0 Å². The number of carbonyl (C=O) groups is 1. The van der Waals surface area contributed by atoms with Crippen molar-refractivity contribution in [3.05, 3.63) is 41.6 Å². The number of rotatable bonds is 4. The molecule has 1 atom stereocenters. The van der Waals surface area contributed by atoms with E-state index in [1.165, 1.54) is 18.9 Å². The van der Waals surface area contributed by atoms with Crippen molar-refractivity contribution >= 4 is 29.3 Å². The first kappa shape index (κ1) is 14.8. The Bertz CT molecular complexity index is 604. The number of hydrogen-bond acceptors (Lipinski definition) is 5. The van der Waals surface area contributed by atoms with E-state index in [4.69, 9.17) is 11.6 Å². The van der Waals surface area contributed by atoms with Crippen LogP contribution < -0.4 is 0 Å². The summed E-state index contributed by atoms with van der Waals surface area (Å²) < 4.78 is 4.68. The molecule has 0 fully saturated rings. The second kappa shape index (κ2) is 6.72. The lowest BCUT2D eigenvalue weighted by Gasteiger charge is -2.08. The minimum atomic E-state index is -0.347. The fourth-order valence-corrected chi connectivity index (χ4v) is 2.46. The molecule has 0 N–H and O–H groups in total. The molecule has 6 heteroatoms. The Morgan fingerprint density at radius 1 is 1.30 bits per heavy atom. The second-order valence-electron chi connectivity index (χ2n) is 4.01. The molecule has 0 aliphatic heterocycles. The highest BCUT2D eigenvalue weighted by atomic mass is 35.5. The van der Waals surface area contributed by atoms with E-state index in [0.29, 0.717) is 10.2 Å². The summed E-state index contributed by atoms with van der Waals surface area (Å²) in [5.74, 6) is -0.296. The van der Waals surface area contributed by atoms with Crippen LogP contribution >= 0.6 is 23.4 Å². The van der Waals surface area contributed by atoms with Crippen LogP contribution in [0.15, 0.2) is 41.7 Å². The van der Waals surface area contributed by atoms with Crippen molar-refractivity contribution in [2.75, 3.05) is 7.11 Å².